The van der Waals surface area contributed by atoms with Gasteiger partial charge in [-0.2, -0.15) is 0 Å². The highest BCUT2D eigenvalue weighted by molar-refractivity contribution is 9.10. The minimum Gasteiger partial charge on any atom is -0.337 e. The fraction of sp³-hybridized carbons (Fsp3) is 0.562. The molecule has 1 saturated carbocycles. The summed E-state index contributed by atoms with van der Waals surface area (Å²) >= 11 is 3.41. The van der Waals surface area contributed by atoms with Crippen LogP contribution in [0.4, 0.5) is 0 Å². The van der Waals surface area contributed by atoms with Crippen LogP contribution < -0.4 is 0 Å². The molecule has 1 amide bonds. The van der Waals surface area contributed by atoms with Crippen LogP contribution >= 0.6 is 15.9 Å². The van der Waals surface area contributed by atoms with Crippen LogP contribution in [0.1, 0.15) is 36.0 Å². The zero-order valence-electron chi connectivity index (χ0n) is 12.5. The first-order valence-electron chi connectivity index (χ1n) is 7.20. The number of carbonyl (C=O) groups excluding carboxylic acids is 1. The molecule has 1 aromatic rings. The Labute approximate surface area is 130 Å². The maximum atomic E-state index is 12.6. The van der Waals surface area contributed by atoms with E-state index < -0.39 is 0 Å². The summed E-state index contributed by atoms with van der Waals surface area (Å²) in [4.78, 5) is 16.8. The lowest BCUT2D eigenvalue weighted by Gasteiger charge is -2.41. The number of hydrogen-bond acceptors (Lipinski definition) is 2. The first-order chi connectivity index (χ1) is 9.50. The van der Waals surface area contributed by atoms with Crippen molar-refractivity contribution in [3.05, 3.63) is 34.3 Å². The van der Waals surface area contributed by atoms with E-state index in [2.05, 4.69) is 34.9 Å². The zero-order valence-corrected chi connectivity index (χ0v) is 14.1. The molecular formula is C16H23BrN2O. The van der Waals surface area contributed by atoms with Crippen molar-refractivity contribution in [2.75, 3.05) is 21.1 Å². The molecule has 3 nitrogen and oxygen atoms in total. The highest BCUT2D eigenvalue weighted by atomic mass is 79.9. The Hall–Kier alpha value is -0.870. The molecule has 0 aromatic heterocycles. The van der Waals surface area contributed by atoms with Gasteiger partial charge in [0.2, 0.25) is 0 Å². The van der Waals surface area contributed by atoms with Crippen LogP contribution in [0.25, 0.3) is 0 Å². The second-order valence-electron chi connectivity index (χ2n) is 5.81. The van der Waals surface area contributed by atoms with E-state index in [0.29, 0.717) is 12.1 Å². The SMILES string of the molecule is CN(C)C1CCCCC1N(C)C(=O)c1ccc(Br)cc1. The highest BCUT2D eigenvalue weighted by Crippen LogP contribution is 2.26. The van der Waals surface area contributed by atoms with Gasteiger partial charge in [0.1, 0.15) is 0 Å². The van der Waals surface area contributed by atoms with E-state index in [9.17, 15) is 4.79 Å². The van der Waals surface area contributed by atoms with E-state index in [0.717, 1.165) is 16.5 Å². The summed E-state index contributed by atoms with van der Waals surface area (Å²) in [5.74, 6) is 0.122. The Morgan fingerprint density at radius 2 is 1.60 bits per heavy atom. The average molecular weight is 339 g/mol. The van der Waals surface area contributed by atoms with E-state index in [1.54, 1.807) is 0 Å². The number of likely N-dealkylation sites (N-methyl/N-ethyl adjacent to an activating group) is 2. The Bertz CT molecular complexity index is 458. The maximum absolute atomic E-state index is 12.6. The minimum atomic E-state index is 0.122. The van der Waals surface area contributed by atoms with Gasteiger partial charge in [0.25, 0.3) is 5.91 Å². The van der Waals surface area contributed by atoms with Crippen molar-refractivity contribution in [3.8, 4) is 0 Å². The normalized spacial score (nSPS) is 22.9. The molecule has 0 N–H and O–H groups in total. The van der Waals surface area contributed by atoms with Crippen molar-refractivity contribution in [2.24, 2.45) is 0 Å². The summed E-state index contributed by atoms with van der Waals surface area (Å²) < 4.78 is 1.00. The number of rotatable bonds is 3. The minimum absolute atomic E-state index is 0.122. The number of benzene rings is 1. The Morgan fingerprint density at radius 3 is 2.15 bits per heavy atom. The largest absolute Gasteiger partial charge is 0.337 e. The van der Waals surface area contributed by atoms with Gasteiger partial charge in [-0.1, -0.05) is 28.8 Å². The van der Waals surface area contributed by atoms with Gasteiger partial charge in [-0.15, -0.1) is 0 Å². The van der Waals surface area contributed by atoms with Crippen LogP contribution in [-0.2, 0) is 0 Å². The molecule has 0 bridgehead atoms. The highest BCUT2D eigenvalue weighted by Gasteiger charge is 2.32. The Kier molecular flexibility index (Phi) is 5.22. The first-order valence-corrected chi connectivity index (χ1v) is 7.99. The van der Waals surface area contributed by atoms with Crippen LogP contribution in [0.15, 0.2) is 28.7 Å². The summed E-state index contributed by atoms with van der Waals surface area (Å²) in [7, 11) is 6.17. The third kappa shape index (κ3) is 3.41. The fourth-order valence-corrected chi connectivity index (χ4v) is 3.36. The second-order valence-corrected chi connectivity index (χ2v) is 6.72. The Balaban J connectivity index is 2.14. The fourth-order valence-electron chi connectivity index (χ4n) is 3.09. The predicted molar refractivity (Wildman–Crippen MR) is 86.0 cm³/mol. The van der Waals surface area contributed by atoms with Gasteiger partial charge in [0.15, 0.2) is 0 Å². The van der Waals surface area contributed by atoms with Crippen LogP contribution in [0, 0.1) is 0 Å². The van der Waals surface area contributed by atoms with Crippen LogP contribution in [0.5, 0.6) is 0 Å². The van der Waals surface area contributed by atoms with Gasteiger partial charge in [-0.25, -0.2) is 0 Å². The molecule has 0 spiro atoms. The lowest BCUT2D eigenvalue weighted by atomic mass is 9.88. The molecule has 2 rings (SSSR count). The summed E-state index contributed by atoms with van der Waals surface area (Å²) in [6, 6.07) is 8.40. The molecule has 110 valence electrons. The molecule has 20 heavy (non-hydrogen) atoms. The molecule has 2 atom stereocenters. The standard InChI is InChI=1S/C16H23BrN2O/c1-18(2)14-6-4-5-7-15(14)19(3)16(20)12-8-10-13(17)11-9-12/h8-11,14-15H,4-7H2,1-3H3. The van der Waals surface area contributed by atoms with Crippen molar-refractivity contribution >= 4 is 21.8 Å². The smallest absolute Gasteiger partial charge is 0.253 e. The molecule has 4 heteroatoms. The summed E-state index contributed by atoms with van der Waals surface area (Å²) in [6.45, 7) is 0. The molecule has 1 aliphatic rings. The van der Waals surface area contributed by atoms with Gasteiger partial charge in [-0.3, -0.25) is 4.79 Å². The number of halogens is 1. The van der Waals surface area contributed by atoms with E-state index in [4.69, 9.17) is 0 Å². The monoisotopic (exact) mass is 338 g/mol. The van der Waals surface area contributed by atoms with Gasteiger partial charge >= 0.3 is 0 Å². The van der Waals surface area contributed by atoms with Gasteiger partial charge < -0.3 is 9.80 Å². The van der Waals surface area contributed by atoms with Crippen molar-refractivity contribution in [1.82, 2.24) is 9.80 Å². The van der Waals surface area contributed by atoms with E-state index >= 15 is 0 Å². The molecule has 0 saturated heterocycles. The van der Waals surface area contributed by atoms with E-state index in [-0.39, 0.29) is 5.91 Å². The van der Waals surface area contributed by atoms with Gasteiger partial charge in [0.05, 0.1) is 0 Å². The molecule has 0 radical (unpaired) electrons. The maximum Gasteiger partial charge on any atom is 0.253 e. The van der Waals surface area contributed by atoms with Crippen molar-refractivity contribution in [1.29, 1.82) is 0 Å². The van der Waals surface area contributed by atoms with Crippen molar-refractivity contribution in [2.45, 2.75) is 37.8 Å². The molecule has 0 aliphatic heterocycles. The first kappa shape index (κ1) is 15.5. The van der Waals surface area contributed by atoms with Gasteiger partial charge in [-0.05, 0) is 51.2 Å². The Morgan fingerprint density at radius 1 is 1.05 bits per heavy atom. The molecule has 0 heterocycles. The van der Waals surface area contributed by atoms with Crippen molar-refractivity contribution in [3.63, 3.8) is 0 Å². The number of amides is 1. The zero-order chi connectivity index (χ0) is 14.7. The number of carbonyl (C=O) groups is 1. The van der Waals surface area contributed by atoms with Crippen LogP contribution in [0.2, 0.25) is 0 Å². The third-order valence-electron chi connectivity index (χ3n) is 4.27. The van der Waals surface area contributed by atoms with Crippen LogP contribution in [0.3, 0.4) is 0 Å². The molecule has 2 unspecified atom stereocenters. The lowest BCUT2D eigenvalue weighted by molar-refractivity contribution is 0.0544. The van der Waals surface area contributed by atoms with Gasteiger partial charge in [0, 0.05) is 29.2 Å². The summed E-state index contributed by atoms with van der Waals surface area (Å²) in [5, 5.41) is 0. The van der Waals surface area contributed by atoms with Crippen molar-refractivity contribution < 1.29 is 4.79 Å². The quantitative estimate of drug-likeness (QED) is 0.843. The number of nitrogens with zero attached hydrogens (tertiary/aromatic N) is 2. The number of hydrogen-bond donors (Lipinski definition) is 0. The topological polar surface area (TPSA) is 23.6 Å². The summed E-state index contributed by atoms with van der Waals surface area (Å²) in [5.41, 5.74) is 0.763. The van der Waals surface area contributed by atoms with E-state index in [1.165, 1.54) is 19.3 Å². The third-order valence-corrected chi connectivity index (χ3v) is 4.79. The molecular weight excluding hydrogens is 316 g/mol. The lowest BCUT2D eigenvalue weighted by Crippen LogP contribution is -2.51. The second kappa shape index (κ2) is 6.72. The van der Waals surface area contributed by atoms with E-state index in [1.807, 2.05) is 36.2 Å². The van der Waals surface area contributed by atoms with Crippen LogP contribution in [-0.4, -0.2) is 48.9 Å². The predicted octanol–water partition coefficient (Wildman–Crippen LogP) is 3.39. The summed E-state index contributed by atoms with van der Waals surface area (Å²) in [6.07, 6.45) is 4.75. The molecule has 1 aromatic carbocycles. The molecule has 1 fully saturated rings. The average Bonchev–Trinajstić information content (AvgIpc) is 2.46. The molecule has 1 aliphatic carbocycles.